The molecule has 67 heavy (non-hydrogen) atoms. The molecule has 0 radical (unpaired) electrons. The predicted octanol–water partition coefficient (Wildman–Crippen LogP) is 7.27. The molecule has 0 spiro atoms. The molecule has 8 aliphatic heterocycles. The molecule has 20 bridgehead atoms. The summed E-state index contributed by atoms with van der Waals surface area (Å²) in [6.45, 7) is 32.1. The molecule has 4 aromatic rings. The molecule has 0 N–H and O–H groups in total. The van der Waals surface area contributed by atoms with Crippen LogP contribution in [0.1, 0.15) is 94.0 Å². The average molecular weight is 903 g/mol. The predicted molar refractivity (Wildman–Crippen MR) is 272 cm³/mol. The number of aliphatic imine (C=N–C) groups is 1. The SMILES string of the molecule is CCC1C=NCc2cc3cc(c2)CN2CCN(Cc4cc5cc(c4)CN4CCN(Cc6cc(cc(c6)CN6CCN(Cc7cc(cc(c7)CN7CCN(C3)C7)CC(C)CN(CC)C5)C6)C1)C4)C2. The zero-order valence-electron chi connectivity index (χ0n) is 41.2. The number of hydrogen-bond donors (Lipinski definition) is 0. The van der Waals surface area contributed by atoms with Crippen molar-refractivity contribution in [3.8, 4) is 0 Å². The van der Waals surface area contributed by atoms with Gasteiger partial charge in [0.1, 0.15) is 0 Å². The van der Waals surface area contributed by atoms with E-state index in [1.807, 2.05) is 0 Å². The van der Waals surface area contributed by atoms with Gasteiger partial charge in [-0.1, -0.05) is 93.6 Å². The fourth-order valence-electron chi connectivity index (χ4n) is 12.8. The van der Waals surface area contributed by atoms with Crippen molar-refractivity contribution in [2.75, 3.05) is 92.1 Å². The lowest BCUT2D eigenvalue weighted by Gasteiger charge is -2.27. The van der Waals surface area contributed by atoms with Crippen molar-refractivity contribution in [2.24, 2.45) is 16.8 Å². The summed E-state index contributed by atoms with van der Waals surface area (Å²) in [7, 11) is 0. The van der Waals surface area contributed by atoms with Crippen molar-refractivity contribution in [3.63, 3.8) is 0 Å². The molecule has 8 heterocycles. The first-order valence-electron chi connectivity index (χ1n) is 26.2. The van der Waals surface area contributed by atoms with Crippen LogP contribution in [0.3, 0.4) is 0 Å². The van der Waals surface area contributed by atoms with Gasteiger partial charge in [-0.05, 0) is 104 Å². The standard InChI is InChI=1S/C57H78N10/c1-4-45-15-47-18-51-23-52(19-47)35-63-9-12-66(42-63)38-56-25-55-26-57(27-56)39-67-13-11-65(43-67)37-54-21-48(29-58-28-45)20-53(24-54)36-64-10-8-61(41-64)33-50-17-46(14-44(3)30-59(5-2)31-55)16-49(22-50)32-60-6-7-62(34-51)40-60/h16-28,44-45H,4-15,29-43H2,1-3H3. The van der Waals surface area contributed by atoms with Gasteiger partial charge in [-0.3, -0.25) is 49.1 Å². The second-order valence-electron chi connectivity index (χ2n) is 22.1. The lowest BCUT2D eigenvalue weighted by Crippen LogP contribution is -2.29. The summed E-state index contributed by atoms with van der Waals surface area (Å²) in [6, 6.07) is 30.5. The third-order valence-corrected chi connectivity index (χ3v) is 15.8. The molecule has 356 valence electrons. The largest absolute Gasteiger partial charge is 0.299 e. The molecule has 10 unspecified atom stereocenters. The van der Waals surface area contributed by atoms with E-state index in [4.69, 9.17) is 4.99 Å². The fraction of sp³-hybridized carbons (Fsp3) is 0.561. The molecule has 0 aromatic heterocycles. The molecule has 8 aliphatic rings. The summed E-state index contributed by atoms with van der Waals surface area (Å²) in [5.41, 5.74) is 17.5. The zero-order valence-corrected chi connectivity index (χ0v) is 41.2. The number of fused-ring (bicyclic) bond motifs is 7. The van der Waals surface area contributed by atoms with E-state index < -0.39 is 0 Å². The van der Waals surface area contributed by atoms with Crippen LogP contribution < -0.4 is 0 Å². The highest BCUT2D eigenvalue weighted by Gasteiger charge is 2.27. The third kappa shape index (κ3) is 11.8. The minimum Gasteiger partial charge on any atom is -0.299 e. The first-order valence-corrected chi connectivity index (χ1v) is 26.2. The van der Waals surface area contributed by atoms with E-state index in [0.29, 0.717) is 11.8 Å². The van der Waals surface area contributed by atoms with E-state index in [2.05, 4.69) is 144 Å². The Balaban J connectivity index is 1.02. The van der Waals surface area contributed by atoms with E-state index in [1.165, 1.54) is 66.8 Å². The van der Waals surface area contributed by atoms with Crippen LogP contribution in [0.15, 0.2) is 77.8 Å². The second-order valence-corrected chi connectivity index (χ2v) is 22.1. The van der Waals surface area contributed by atoms with Crippen LogP contribution in [0.4, 0.5) is 0 Å². The maximum atomic E-state index is 5.27. The van der Waals surface area contributed by atoms with Crippen LogP contribution in [0, 0.1) is 11.8 Å². The molecule has 0 saturated carbocycles. The van der Waals surface area contributed by atoms with Crippen LogP contribution in [0.5, 0.6) is 0 Å². The number of benzene rings is 4. The van der Waals surface area contributed by atoms with E-state index >= 15 is 0 Å². The van der Waals surface area contributed by atoms with Crippen molar-refractivity contribution >= 4 is 6.21 Å². The quantitative estimate of drug-likeness (QED) is 0.207. The molecule has 12 rings (SSSR count). The van der Waals surface area contributed by atoms with Crippen LogP contribution in [0.2, 0.25) is 0 Å². The van der Waals surface area contributed by atoms with Gasteiger partial charge in [-0.15, -0.1) is 0 Å². The Morgan fingerprint density at radius 3 is 1.01 bits per heavy atom. The highest BCUT2D eigenvalue weighted by Crippen LogP contribution is 2.27. The van der Waals surface area contributed by atoms with E-state index in [0.717, 1.165) is 177 Å². The lowest BCUT2D eigenvalue weighted by molar-refractivity contribution is 0.229. The van der Waals surface area contributed by atoms with Gasteiger partial charge < -0.3 is 0 Å². The molecule has 10 nitrogen and oxygen atoms in total. The van der Waals surface area contributed by atoms with Crippen LogP contribution in [-0.2, 0) is 78.3 Å². The first kappa shape index (κ1) is 45.6. The van der Waals surface area contributed by atoms with Gasteiger partial charge in [0, 0.05) is 124 Å². The number of nitrogens with zero attached hydrogens (tertiary/aromatic N) is 10. The highest BCUT2D eigenvalue weighted by molar-refractivity contribution is 5.61. The van der Waals surface area contributed by atoms with Crippen molar-refractivity contribution in [1.82, 2.24) is 44.1 Å². The Morgan fingerprint density at radius 2 is 0.687 bits per heavy atom. The third-order valence-electron chi connectivity index (χ3n) is 15.8. The molecule has 10 atom stereocenters. The molecular formula is C57H78N10. The topological polar surface area (TPSA) is 41.5 Å². The van der Waals surface area contributed by atoms with Gasteiger partial charge in [0.15, 0.2) is 0 Å². The normalized spacial score (nSPS) is 31.5. The Hall–Kier alpha value is -3.81. The zero-order chi connectivity index (χ0) is 45.3. The van der Waals surface area contributed by atoms with Crippen molar-refractivity contribution < 1.29 is 0 Å². The summed E-state index contributed by atoms with van der Waals surface area (Å²) in [4.78, 5) is 29.5. The highest BCUT2D eigenvalue weighted by atomic mass is 15.4. The maximum Gasteiger partial charge on any atom is 0.0636 e. The van der Waals surface area contributed by atoms with Crippen molar-refractivity contribution in [3.05, 3.63) is 140 Å². The smallest absolute Gasteiger partial charge is 0.0636 e. The first-order chi connectivity index (χ1) is 32.8. The average Bonchev–Trinajstić information content (AvgIpc) is 4.12. The molecule has 0 amide bonds. The van der Waals surface area contributed by atoms with E-state index in [-0.39, 0.29) is 0 Å². The summed E-state index contributed by atoms with van der Waals surface area (Å²) in [5.74, 6) is 0.962. The molecular weight excluding hydrogens is 825 g/mol. The Morgan fingerprint density at radius 1 is 0.388 bits per heavy atom. The van der Waals surface area contributed by atoms with Crippen molar-refractivity contribution in [2.45, 2.75) is 105 Å². The van der Waals surface area contributed by atoms with Crippen LogP contribution >= 0.6 is 0 Å². The molecule has 0 aliphatic carbocycles. The van der Waals surface area contributed by atoms with Gasteiger partial charge in [0.25, 0.3) is 0 Å². The van der Waals surface area contributed by atoms with E-state index in [9.17, 15) is 0 Å². The van der Waals surface area contributed by atoms with Gasteiger partial charge in [0.2, 0.25) is 0 Å². The monoisotopic (exact) mass is 903 g/mol. The van der Waals surface area contributed by atoms with Gasteiger partial charge in [-0.2, -0.15) is 0 Å². The van der Waals surface area contributed by atoms with E-state index in [1.54, 1.807) is 0 Å². The fourth-order valence-corrected chi connectivity index (χ4v) is 12.8. The minimum absolute atomic E-state index is 0.409. The van der Waals surface area contributed by atoms with Gasteiger partial charge in [0.05, 0.1) is 33.2 Å². The van der Waals surface area contributed by atoms with Crippen LogP contribution in [0.25, 0.3) is 0 Å². The Bertz CT molecular complexity index is 2380. The summed E-state index contributed by atoms with van der Waals surface area (Å²) in [6.07, 6.45) is 5.55. The Labute approximate surface area is 402 Å². The van der Waals surface area contributed by atoms with Crippen molar-refractivity contribution in [1.29, 1.82) is 0 Å². The number of rotatable bonds is 2. The summed E-state index contributed by atoms with van der Waals surface area (Å²) >= 11 is 0. The Kier molecular flexibility index (Phi) is 14.1. The summed E-state index contributed by atoms with van der Waals surface area (Å²) < 4.78 is 0. The molecule has 4 fully saturated rings. The van der Waals surface area contributed by atoms with Gasteiger partial charge in [-0.25, -0.2) is 0 Å². The second kappa shape index (κ2) is 20.6. The molecule has 4 aromatic carbocycles. The number of hydrogen-bond acceptors (Lipinski definition) is 10. The van der Waals surface area contributed by atoms with Crippen LogP contribution in [-0.4, -0.2) is 142 Å². The maximum absolute atomic E-state index is 5.27. The van der Waals surface area contributed by atoms with Gasteiger partial charge >= 0.3 is 0 Å². The molecule has 4 saturated heterocycles. The molecule has 10 heteroatoms. The lowest BCUT2D eigenvalue weighted by atomic mass is 9.94. The minimum atomic E-state index is 0.409. The summed E-state index contributed by atoms with van der Waals surface area (Å²) in [5, 5.41) is 0.